The highest BCUT2D eigenvalue weighted by atomic mass is 32.2. The second kappa shape index (κ2) is 12.6. The molecule has 0 saturated heterocycles. The first-order valence-corrected chi connectivity index (χ1v) is 13.0. The van der Waals surface area contributed by atoms with Gasteiger partial charge in [0.1, 0.15) is 18.8 Å². The van der Waals surface area contributed by atoms with E-state index in [1.165, 1.54) is 16.5 Å². The molecule has 0 atom stereocenters. The van der Waals surface area contributed by atoms with Gasteiger partial charge in [-0.1, -0.05) is 30.3 Å². The van der Waals surface area contributed by atoms with E-state index in [4.69, 9.17) is 5.73 Å². The van der Waals surface area contributed by atoms with Gasteiger partial charge in [-0.2, -0.15) is 0 Å². The first-order chi connectivity index (χ1) is 17.6. The van der Waals surface area contributed by atoms with Crippen LogP contribution in [0.15, 0.2) is 53.6 Å². The van der Waals surface area contributed by atoms with Crippen molar-refractivity contribution in [3.63, 3.8) is 0 Å². The summed E-state index contributed by atoms with van der Waals surface area (Å²) in [6.07, 6.45) is 1.57. The van der Waals surface area contributed by atoms with Crippen LogP contribution >= 0.6 is 11.9 Å². The highest BCUT2D eigenvalue weighted by molar-refractivity contribution is 7.99. The van der Waals surface area contributed by atoms with Crippen molar-refractivity contribution in [1.82, 2.24) is 24.8 Å². The number of anilines is 1. The molecule has 10 nitrogen and oxygen atoms in total. The minimum Gasteiger partial charge on any atom is -0.349 e. The van der Waals surface area contributed by atoms with Gasteiger partial charge in [0.25, 0.3) is 5.56 Å². The van der Waals surface area contributed by atoms with Gasteiger partial charge < -0.3 is 30.2 Å². The molecule has 0 aliphatic carbocycles. The third kappa shape index (κ3) is 7.96. The average Bonchev–Trinajstić information content (AvgIpc) is 3.20. The number of carbonyl (C=O) groups is 2. The highest BCUT2D eigenvalue weighted by Crippen LogP contribution is 2.15. The highest BCUT2D eigenvalue weighted by Gasteiger charge is 2.20. The molecule has 0 radical (unpaired) electrons. The van der Waals surface area contributed by atoms with Crippen molar-refractivity contribution < 1.29 is 9.59 Å². The van der Waals surface area contributed by atoms with E-state index in [9.17, 15) is 14.4 Å². The molecule has 2 aromatic heterocycles. The van der Waals surface area contributed by atoms with Crippen molar-refractivity contribution in [2.45, 2.75) is 58.6 Å². The number of hydrogen-bond donors (Lipinski definition) is 4. The van der Waals surface area contributed by atoms with Gasteiger partial charge in [0.2, 0.25) is 11.8 Å². The Kier molecular flexibility index (Phi) is 9.54. The van der Waals surface area contributed by atoms with Gasteiger partial charge in [-0.05, 0) is 57.3 Å². The first kappa shape index (κ1) is 28.0. The number of aryl methyl sites for hydroxylation is 2. The predicted octanol–water partition coefficient (Wildman–Crippen LogP) is 2.09. The largest absolute Gasteiger partial charge is 0.349 e. The molecule has 0 spiro atoms. The molecule has 37 heavy (non-hydrogen) atoms. The Morgan fingerprint density at radius 2 is 1.78 bits per heavy atom. The summed E-state index contributed by atoms with van der Waals surface area (Å²) in [6, 6.07) is 13.5. The minimum absolute atomic E-state index is 0.0579. The Hall–Kier alpha value is -3.57. The Morgan fingerprint density at radius 1 is 1.05 bits per heavy atom. The molecule has 0 saturated carbocycles. The maximum Gasteiger partial charge on any atom is 0.275 e. The molecule has 0 aliphatic rings. The lowest BCUT2D eigenvalue weighted by Gasteiger charge is -2.24. The summed E-state index contributed by atoms with van der Waals surface area (Å²) < 4.78 is 6.24. The lowest BCUT2D eigenvalue weighted by molar-refractivity contribution is -0.123. The molecule has 3 rings (SSSR count). The fraction of sp³-hybridized carbons (Fsp3) is 0.385. The fourth-order valence-electron chi connectivity index (χ4n) is 3.59. The van der Waals surface area contributed by atoms with Crippen LogP contribution in [0.25, 0.3) is 0 Å². The Morgan fingerprint density at radius 3 is 2.49 bits per heavy atom. The zero-order chi connectivity index (χ0) is 27.0. The van der Waals surface area contributed by atoms with E-state index in [0.717, 1.165) is 5.56 Å². The molecule has 0 aliphatic heterocycles. The van der Waals surface area contributed by atoms with E-state index in [2.05, 4.69) is 20.3 Å². The summed E-state index contributed by atoms with van der Waals surface area (Å²) in [5.41, 5.74) is 8.57. The zero-order valence-electron chi connectivity index (χ0n) is 21.7. The quantitative estimate of drug-likeness (QED) is 0.266. The second-order valence-electron chi connectivity index (χ2n) is 9.47. The number of nitrogens with zero attached hydrogens (tertiary/aromatic N) is 3. The zero-order valence-corrected chi connectivity index (χ0v) is 22.5. The van der Waals surface area contributed by atoms with Crippen molar-refractivity contribution in [2.75, 3.05) is 11.3 Å². The van der Waals surface area contributed by atoms with Gasteiger partial charge in [-0.3, -0.25) is 14.4 Å². The van der Waals surface area contributed by atoms with E-state index >= 15 is 0 Å². The number of imidazole rings is 1. The van der Waals surface area contributed by atoms with Crippen LogP contribution in [0.1, 0.15) is 36.5 Å². The van der Waals surface area contributed by atoms with Crippen LogP contribution in [0.3, 0.4) is 0 Å². The van der Waals surface area contributed by atoms with Crippen LogP contribution in [0.2, 0.25) is 0 Å². The van der Waals surface area contributed by atoms with E-state index < -0.39 is 5.54 Å². The molecule has 0 fully saturated rings. The molecular formula is C26H35N7O3S. The molecule has 2 amide bonds. The fourth-order valence-corrected chi connectivity index (χ4v) is 4.34. The van der Waals surface area contributed by atoms with Gasteiger partial charge >= 0.3 is 0 Å². The topological polar surface area (TPSA) is 136 Å². The molecule has 0 unspecified atom stereocenters. The molecule has 2 heterocycles. The standard InChI is InChI=1S/C26H35N7O3S/c1-18-10-11-21(31-37-15-20-8-6-5-7-9-20)25(36)33(18)14-23(34)28-12-22-19(2)29-17-32(22)13-24(35)30-26(3,4)16-27/h5-11,17,31H,12-16,27H2,1-4H3,(H,28,34)(H,30,35). The maximum atomic E-state index is 13.0. The van der Waals surface area contributed by atoms with Crippen molar-refractivity contribution >= 4 is 29.4 Å². The third-order valence-corrected chi connectivity index (χ3v) is 6.71. The van der Waals surface area contributed by atoms with Crippen molar-refractivity contribution in [3.05, 3.63) is 81.8 Å². The molecule has 5 N–H and O–H groups in total. The number of benzene rings is 1. The Balaban J connectivity index is 1.60. The van der Waals surface area contributed by atoms with Crippen molar-refractivity contribution in [1.29, 1.82) is 0 Å². The van der Waals surface area contributed by atoms with Crippen molar-refractivity contribution in [2.24, 2.45) is 5.73 Å². The smallest absolute Gasteiger partial charge is 0.275 e. The number of pyridine rings is 1. The second-order valence-corrected chi connectivity index (χ2v) is 10.3. The summed E-state index contributed by atoms with van der Waals surface area (Å²) in [7, 11) is 0. The number of aromatic nitrogens is 3. The monoisotopic (exact) mass is 525 g/mol. The molecule has 0 bridgehead atoms. The number of nitrogens with two attached hydrogens (primary N) is 1. The van der Waals surface area contributed by atoms with E-state index in [1.807, 2.05) is 51.1 Å². The van der Waals surface area contributed by atoms with Gasteiger partial charge in [0.05, 0.1) is 24.3 Å². The van der Waals surface area contributed by atoms with Gasteiger partial charge in [0.15, 0.2) is 0 Å². The van der Waals surface area contributed by atoms with Crippen LogP contribution < -0.4 is 26.6 Å². The van der Waals surface area contributed by atoms with Crippen LogP contribution in [-0.4, -0.2) is 38.0 Å². The normalized spacial score (nSPS) is 11.3. The van der Waals surface area contributed by atoms with Crippen LogP contribution in [0.4, 0.5) is 5.69 Å². The first-order valence-electron chi connectivity index (χ1n) is 12.0. The van der Waals surface area contributed by atoms with Gasteiger partial charge in [-0.15, -0.1) is 0 Å². The van der Waals surface area contributed by atoms with E-state index in [0.29, 0.717) is 35.1 Å². The maximum absolute atomic E-state index is 13.0. The number of amides is 2. The summed E-state index contributed by atoms with van der Waals surface area (Å²) in [4.78, 5) is 42.5. The number of hydrogen-bond acceptors (Lipinski definition) is 7. The average molecular weight is 526 g/mol. The van der Waals surface area contributed by atoms with E-state index in [1.54, 1.807) is 30.0 Å². The third-order valence-electron chi connectivity index (χ3n) is 5.87. The molecule has 198 valence electrons. The van der Waals surface area contributed by atoms with Gasteiger partial charge in [0, 0.05) is 23.5 Å². The lowest BCUT2D eigenvalue weighted by atomic mass is 10.1. The van der Waals surface area contributed by atoms with Gasteiger partial charge in [-0.25, -0.2) is 4.98 Å². The summed E-state index contributed by atoms with van der Waals surface area (Å²) in [6.45, 7) is 7.73. The number of carbonyl (C=O) groups excluding carboxylic acids is 2. The minimum atomic E-state index is -0.518. The Bertz CT molecular complexity index is 1290. The predicted molar refractivity (Wildman–Crippen MR) is 147 cm³/mol. The molecule has 3 aromatic rings. The van der Waals surface area contributed by atoms with Crippen LogP contribution in [0, 0.1) is 13.8 Å². The SMILES string of the molecule is Cc1ncn(CC(=O)NC(C)(C)CN)c1CNC(=O)Cn1c(C)ccc(NSCc2ccccc2)c1=O. The van der Waals surface area contributed by atoms with Crippen LogP contribution in [0.5, 0.6) is 0 Å². The molecular weight excluding hydrogens is 490 g/mol. The number of nitrogens with one attached hydrogen (secondary N) is 3. The summed E-state index contributed by atoms with van der Waals surface area (Å²) >= 11 is 1.41. The number of rotatable bonds is 12. The summed E-state index contributed by atoms with van der Waals surface area (Å²) in [5, 5.41) is 5.73. The lowest BCUT2D eigenvalue weighted by Crippen LogP contribution is -2.49. The van der Waals surface area contributed by atoms with Crippen LogP contribution in [-0.2, 0) is 35.0 Å². The van der Waals surface area contributed by atoms with Crippen molar-refractivity contribution in [3.8, 4) is 0 Å². The van der Waals surface area contributed by atoms with E-state index in [-0.39, 0.29) is 37.0 Å². The molecule has 1 aromatic carbocycles. The molecule has 11 heteroatoms. The summed E-state index contributed by atoms with van der Waals surface area (Å²) in [5.74, 6) is 0.181. The Labute approximate surface area is 221 Å².